The van der Waals surface area contributed by atoms with E-state index in [1.165, 1.54) is 0 Å². The van der Waals surface area contributed by atoms with E-state index in [0.29, 0.717) is 13.1 Å². The van der Waals surface area contributed by atoms with Crippen LogP contribution >= 0.6 is 0 Å². The van der Waals surface area contributed by atoms with Crippen LogP contribution in [0.3, 0.4) is 0 Å². The molecule has 1 saturated heterocycles. The highest BCUT2D eigenvalue weighted by Gasteiger charge is 2.40. The van der Waals surface area contributed by atoms with Crippen molar-refractivity contribution in [3.63, 3.8) is 0 Å². The molecule has 66 valence electrons. The summed E-state index contributed by atoms with van der Waals surface area (Å²) in [4.78, 5) is 2.07. The van der Waals surface area contributed by atoms with E-state index in [4.69, 9.17) is 0 Å². The average Bonchev–Trinajstić information content (AvgIpc) is 1.95. The zero-order chi connectivity index (χ0) is 8.48. The lowest BCUT2D eigenvalue weighted by Crippen LogP contribution is -2.45. The molecule has 0 aromatic heterocycles. The van der Waals surface area contributed by atoms with Gasteiger partial charge in [0.25, 0.3) is 5.92 Å². The van der Waals surface area contributed by atoms with Crippen molar-refractivity contribution in [3.05, 3.63) is 0 Å². The van der Waals surface area contributed by atoms with Gasteiger partial charge in [-0.1, -0.05) is 13.8 Å². The summed E-state index contributed by atoms with van der Waals surface area (Å²) in [6, 6.07) is 0. The van der Waals surface area contributed by atoms with Crippen molar-refractivity contribution in [2.45, 2.75) is 26.2 Å². The smallest absolute Gasteiger partial charge is 0.253 e. The number of rotatable bonds is 1. The van der Waals surface area contributed by atoms with Crippen molar-refractivity contribution in [3.8, 4) is 0 Å². The van der Waals surface area contributed by atoms with E-state index < -0.39 is 11.8 Å². The van der Waals surface area contributed by atoms with E-state index in [1.807, 2.05) is 6.92 Å². The van der Waals surface area contributed by atoms with Crippen LogP contribution in [-0.2, 0) is 0 Å². The molecule has 1 rings (SSSR count). The van der Waals surface area contributed by atoms with Gasteiger partial charge in [0.1, 0.15) is 0 Å². The van der Waals surface area contributed by atoms with Gasteiger partial charge in [-0.25, -0.2) is 8.78 Å². The highest BCUT2D eigenvalue weighted by atomic mass is 19.3. The Morgan fingerprint density at radius 2 is 2.18 bits per heavy atom. The first-order chi connectivity index (χ1) is 5.06. The lowest BCUT2D eigenvalue weighted by Gasteiger charge is -2.35. The van der Waals surface area contributed by atoms with Crippen molar-refractivity contribution < 1.29 is 8.78 Å². The summed E-state index contributed by atoms with van der Waals surface area (Å²) in [5.41, 5.74) is 0. The fraction of sp³-hybridized carbons (Fsp3) is 1.00. The van der Waals surface area contributed by atoms with Crippen LogP contribution in [0.15, 0.2) is 0 Å². The first-order valence-corrected chi connectivity index (χ1v) is 4.16. The third-order valence-electron chi connectivity index (χ3n) is 2.46. The molecule has 0 spiro atoms. The van der Waals surface area contributed by atoms with Gasteiger partial charge in [-0.15, -0.1) is 0 Å². The highest BCUT2D eigenvalue weighted by molar-refractivity contribution is 4.82. The first kappa shape index (κ1) is 8.91. The molecule has 3 heteroatoms. The van der Waals surface area contributed by atoms with Crippen LogP contribution in [0.1, 0.15) is 20.3 Å². The number of hydrogen-bond donors (Lipinski definition) is 0. The molecule has 1 atom stereocenters. The van der Waals surface area contributed by atoms with Crippen LogP contribution in [-0.4, -0.2) is 30.5 Å². The second-order valence-corrected chi connectivity index (χ2v) is 3.31. The van der Waals surface area contributed by atoms with Crippen molar-refractivity contribution in [2.24, 2.45) is 5.92 Å². The largest absolute Gasteiger partial charge is 0.303 e. The average molecular weight is 163 g/mol. The number of alkyl halides is 2. The molecule has 0 radical (unpaired) electrons. The van der Waals surface area contributed by atoms with Gasteiger partial charge in [-0.3, -0.25) is 0 Å². The predicted molar refractivity (Wildman–Crippen MR) is 40.8 cm³/mol. The van der Waals surface area contributed by atoms with Gasteiger partial charge in [0.05, 0.1) is 0 Å². The molecule has 0 N–H and O–H groups in total. The van der Waals surface area contributed by atoms with Crippen LogP contribution in [0, 0.1) is 5.92 Å². The molecule has 1 aliphatic heterocycles. The van der Waals surface area contributed by atoms with Crippen LogP contribution < -0.4 is 0 Å². The molecule has 0 saturated carbocycles. The fourth-order valence-corrected chi connectivity index (χ4v) is 1.45. The molecule has 0 amide bonds. The summed E-state index contributed by atoms with van der Waals surface area (Å²) < 4.78 is 25.8. The molecule has 1 fully saturated rings. The zero-order valence-electron chi connectivity index (χ0n) is 7.11. The molecule has 0 bridgehead atoms. The molecule has 0 aromatic carbocycles. The maximum atomic E-state index is 12.9. The van der Waals surface area contributed by atoms with Gasteiger partial charge < -0.3 is 4.90 Å². The van der Waals surface area contributed by atoms with Crippen molar-refractivity contribution in [1.82, 2.24) is 4.90 Å². The molecular formula is C8H15F2N. The van der Waals surface area contributed by atoms with E-state index in [2.05, 4.69) is 4.90 Å². The van der Waals surface area contributed by atoms with Gasteiger partial charge in [-0.2, -0.15) is 0 Å². The molecule has 0 aromatic rings. The third-order valence-corrected chi connectivity index (χ3v) is 2.46. The Morgan fingerprint density at radius 3 is 2.64 bits per heavy atom. The lowest BCUT2D eigenvalue weighted by molar-refractivity contribution is -0.0979. The standard InChI is InChI=1S/C8H15F2N/c1-3-11-5-4-8(9,10)7(2)6-11/h7H,3-6H2,1-2H3/t7-/m0/s1. The van der Waals surface area contributed by atoms with E-state index in [-0.39, 0.29) is 6.42 Å². The molecule has 11 heavy (non-hydrogen) atoms. The van der Waals surface area contributed by atoms with Gasteiger partial charge >= 0.3 is 0 Å². The van der Waals surface area contributed by atoms with Crippen molar-refractivity contribution in [2.75, 3.05) is 19.6 Å². The second-order valence-electron chi connectivity index (χ2n) is 3.31. The summed E-state index contributed by atoms with van der Waals surface area (Å²) in [6.45, 7) is 5.62. The lowest BCUT2D eigenvalue weighted by atomic mass is 9.96. The Morgan fingerprint density at radius 1 is 1.55 bits per heavy atom. The Balaban J connectivity index is 2.48. The first-order valence-electron chi connectivity index (χ1n) is 4.16. The summed E-state index contributed by atoms with van der Waals surface area (Å²) in [5.74, 6) is -2.90. The van der Waals surface area contributed by atoms with Gasteiger partial charge in [0.2, 0.25) is 0 Å². The van der Waals surface area contributed by atoms with Crippen LogP contribution in [0.5, 0.6) is 0 Å². The number of halogens is 2. The minimum Gasteiger partial charge on any atom is -0.303 e. The Kier molecular flexibility index (Phi) is 2.47. The van der Waals surface area contributed by atoms with Crippen LogP contribution in [0.2, 0.25) is 0 Å². The summed E-state index contributed by atoms with van der Waals surface area (Å²) in [6.07, 6.45) is 0.0298. The zero-order valence-corrected chi connectivity index (χ0v) is 7.11. The number of piperidine rings is 1. The Bertz CT molecular complexity index is 136. The van der Waals surface area contributed by atoms with E-state index in [9.17, 15) is 8.78 Å². The maximum Gasteiger partial charge on any atom is 0.253 e. The van der Waals surface area contributed by atoms with Crippen LogP contribution in [0.25, 0.3) is 0 Å². The fourth-order valence-electron chi connectivity index (χ4n) is 1.45. The molecule has 1 heterocycles. The van der Waals surface area contributed by atoms with Gasteiger partial charge in [0.15, 0.2) is 0 Å². The molecule has 0 aliphatic carbocycles. The summed E-state index contributed by atoms with van der Waals surface area (Å²) >= 11 is 0. The number of hydrogen-bond acceptors (Lipinski definition) is 1. The second kappa shape index (κ2) is 3.05. The van der Waals surface area contributed by atoms with E-state index in [0.717, 1.165) is 6.54 Å². The van der Waals surface area contributed by atoms with E-state index >= 15 is 0 Å². The summed E-state index contributed by atoms with van der Waals surface area (Å²) in [5, 5.41) is 0. The summed E-state index contributed by atoms with van der Waals surface area (Å²) in [7, 11) is 0. The molecule has 0 unspecified atom stereocenters. The van der Waals surface area contributed by atoms with Gasteiger partial charge in [0, 0.05) is 25.4 Å². The number of nitrogens with zero attached hydrogens (tertiary/aromatic N) is 1. The normalized spacial score (nSPS) is 32.2. The quantitative estimate of drug-likeness (QED) is 0.571. The third kappa shape index (κ3) is 1.89. The molecule has 1 nitrogen and oxygen atoms in total. The predicted octanol–water partition coefficient (Wildman–Crippen LogP) is 1.98. The minimum atomic E-state index is -2.42. The van der Waals surface area contributed by atoms with Crippen molar-refractivity contribution >= 4 is 0 Å². The minimum absolute atomic E-state index is 0.0298. The number of likely N-dealkylation sites (tertiary alicyclic amines) is 1. The molecule has 1 aliphatic rings. The van der Waals surface area contributed by atoms with Gasteiger partial charge in [-0.05, 0) is 6.54 Å². The topological polar surface area (TPSA) is 3.24 Å². The SMILES string of the molecule is CCN1CCC(F)(F)[C@@H](C)C1. The maximum absolute atomic E-state index is 12.9. The van der Waals surface area contributed by atoms with E-state index in [1.54, 1.807) is 6.92 Å². The van der Waals surface area contributed by atoms with Crippen molar-refractivity contribution in [1.29, 1.82) is 0 Å². The van der Waals surface area contributed by atoms with Crippen LogP contribution in [0.4, 0.5) is 8.78 Å². The highest BCUT2D eigenvalue weighted by Crippen LogP contribution is 2.32. The Hall–Kier alpha value is -0.180. The monoisotopic (exact) mass is 163 g/mol. The molecular weight excluding hydrogens is 148 g/mol. The Labute approximate surface area is 66.4 Å².